The summed E-state index contributed by atoms with van der Waals surface area (Å²) in [6, 6.07) is 7.11. The van der Waals surface area contributed by atoms with Crippen molar-refractivity contribution in [3.63, 3.8) is 0 Å². The first-order chi connectivity index (χ1) is 20.8. The van der Waals surface area contributed by atoms with E-state index in [1.54, 1.807) is 32.0 Å². The minimum absolute atomic E-state index is 0.0646. The first kappa shape index (κ1) is 30.2. The molecule has 1 aliphatic heterocycles. The molecule has 2 saturated carbocycles. The molecule has 14 nitrogen and oxygen atoms in total. The number of imidazole rings is 1. The zero-order valence-electron chi connectivity index (χ0n) is 24.5. The van der Waals surface area contributed by atoms with E-state index in [-0.39, 0.29) is 23.4 Å². The topological polar surface area (TPSA) is 176 Å². The second-order valence-electron chi connectivity index (χ2n) is 11.4. The molecule has 16 heteroatoms. The van der Waals surface area contributed by atoms with Gasteiger partial charge in [0.1, 0.15) is 24.0 Å². The van der Waals surface area contributed by atoms with Gasteiger partial charge in [-0.1, -0.05) is 24.1 Å². The van der Waals surface area contributed by atoms with Crippen molar-refractivity contribution in [3.05, 3.63) is 36.7 Å². The molecule has 2 aromatic heterocycles. The fourth-order valence-corrected chi connectivity index (χ4v) is 7.06. The van der Waals surface area contributed by atoms with Crippen molar-refractivity contribution in [2.24, 2.45) is 0 Å². The summed E-state index contributed by atoms with van der Waals surface area (Å²) in [6.07, 6.45) is 4.00. The highest BCUT2D eigenvalue weighted by Crippen LogP contribution is 2.66. The van der Waals surface area contributed by atoms with Gasteiger partial charge in [-0.3, -0.25) is 13.9 Å². The number of fused-ring (bicyclic) bond motifs is 2. The van der Waals surface area contributed by atoms with Crippen molar-refractivity contribution in [3.8, 4) is 18.1 Å². The number of rotatable bonds is 11. The van der Waals surface area contributed by atoms with E-state index in [2.05, 4.69) is 20.0 Å². The van der Waals surface area contributed by atoms with Gasteiger partial charge in [-0.05, 0) is 45.7 Å². The number of terminal acetylenes is 1. The number of nitrogens with one attached hydrogen (secondary N) is 1. The molecule has 3 aromatic rings. The monoisotopic (exact) mass is 629 g/mol. The van der Waals surface area contributed by atoms with E-state index in [1.807, 2.05) is 17.9 Å². The number of hydrogen-bond acceptors (Lipinski definition) is 12. The Kier molecular flexibility index (Phi) is 7.34. The van der Waals surface area contributed by atoms with E-state index in [0.29, 0.717) is 11.3 Å². The summed E-state index contributed by atoms with van der Waals surface area (Å²) in [5.74, 6) is 1.83. The average Bonchev–Trinajstić information content (AvgIpc) is 3.84. The highest BCUT2D eigenvalue weighted by Gasteiger charge is 2.87. The van der Waals surface area contributed by atoms with Crippen LogP contribution in [0.5, 0.6) is 5.75 Å². The van der Waals surface area contributed by atoms with Gasteiger partial charge >= 0.3 is 13.7 Å². The Morgan fingerprint density at radius 2 is 2.02 bits per heavy atom. The van der Waals surface area contributed by atoms with Crippen molar-refractivity contribution < 1.29 is 37.4 Å². The van der Waals surface area contributed by atoms with Crippen molar-refractivity contribution in [2.45, 2.75) is 81.5 Å². The van der Waals surface area contributed by atoms with Gasteiger partial charge in [0.05, 0.1) is 12.4 Å². The molecular weight excluding hydrogens is 596 g/mol. The molecule has 7 atom stereocenters. The van der Waals surface area contributed by atoms with E-state index in [4.69, 9.17) is 30.7 Å². The van der Waals surface area contributed by atoms with Crippen LogP contribution in [0.3, 0.4) is 0 Å². The second-order valence-corrected chi connectivity index (χ2v) is 13.1. The van der Waals surface area contributed by atoms with E-state index < -0.39 is 55.6 Å². The maximum Gasteiger partial charge on any atom is 0.459 e. The second kappa shape index (κ2) is 10.7. The zero-order valence-corrected chi connectivity index (χ0v) is 25.3. The van der Waals surface area contributed by atoms with Gasteiger partial charge in [-0.15, -0.1) is 6.42 Å². The largest absolute Gasteiger partial charge is 0.462 e. The molecule has 3 fully saturated rings. The molecule has 2 aliphatic carbocycles. The summed E-state index contributed by atoms with van der Waals surface area (Å²) in [7, 11) is -2.63. The Hall–Kier alpha value is -3.80. The highest BCUT2D eigenvalue weighted by molar-refractivity contribution is 7.52. The molecule has 4 N–H and O–H groups in total. The van der Waals surface area contributed by atoms with Crippen LogP contribution in [0.15, 0.2) is 36.7 Å². The van der Waals surface area contributed by atoms with Crippen molar-refractivity contribution >= 4 is 36.6 Å². The summed E-state index contributed by atoms with van der Waals surface area (Å²) in [5, 5.41) is 14.1. The van der Waals surface area contributed by atoms with Crippen LogP contribution in [-0.4, -0.2) is 79.3 Å². The van der Waals surface area contributed by atoms with E-state index >= 15 is 4.39 Å². The highest BCUT2D eigenvalue weighted by atomic mass is 31.2. The van der Waals surface area contributed by atoms with E-state index in [1.165, 1.54) is 30.0 Å². The number of nitrogen functional groups attached to an aromatic ring is 1. The van der Waals surface area contributed by atoms with Gasteiger partial charge in [0.15, 0.2) is 28.8 Å². The van der Waals surface area contributed by atoms with Crippen LogP contribution in [0.4, 0.5) is 16.2 Å². The number of hydrogen-bond donors (Lipinski definition) is 3. The molecule has 0 spiro atoms. The van der Waals surface area contributed by atoms with E-state index in [0.717, 1.165) is 12.8 Å². The average molecular weight is 630 g/mol. The predicted molar refractivity (Wildman–Crippen MR) is 156 cm³/mol. The number of para-hydroxylation sites is 1. The van der Waals surface area contributed by atoms with Crippen LogP contribution in [0.1, 0.15) is 39.8 Å². The molecule has 1 saturated heterocycles. The fraction of sp³-hybridized carbons (Fsp3) is 0.500. The molecule has 1 unspecified atom stereocenters. The Balaban J connectivity index is 1.29. The van der Waals surface area contributed by atoms with Crippen LogP contribution < -0.4 is 20.2 Å². The molecule has 0 bridgehead atoms. The molecule has 3 heterocycles. The minimum atomic E-state index is -4.49. The first-order valence-corrected chi connectivity index (χ1v) is 15.6. The van der Waals surface area contributed by atoms with Crippen LogP contribution in [0, 0.1) is 12.3 Å². The number of nitrogens with two attached hydrogens (primary N) is 1. The number of nitrogens with zero attached hydrogens (tertiary/aromatic N) is 5. The quantitative estimate of drug-likeness (QED) is 0.160. The Labute approximate surface area is 252 Å². The standard InChI is InChI=1S/C28H33FN7O7P/c1-6-27(29)25(36-14-31-19-22(35(5)17-12-13-17)32-26(30)33-23(19)36)41-20-21(28(20,27)38)43-44(39,42-18-10-8-7-9-11-18)34-16(4)24(37)40-15(2)3/h1,7-11,14-17,20-21,25,38H,12-13H2,2-5H3,(H,34,39)(H2,30,32,33)/t16-,20-,21?,25-,27+,28+,44+/m1/s1. The zero-order chi connectivity index (χ0) is 31.6. The molecular formula is C28H33FN7O7P. The number of ether oxygens (including phenoxy) is 2. The van der Waals surface area contributed by atoms with Gasteiger partial charge in [0.25, 0.3) is 0 Å². The van der Waals surface area contributed by atoms with Gasteiger partial charge in [-0.2, -0.15) is 15.1 Å². The lowest BCUT2D eigenvalue weighted by atomic mass is 9.96. The molecule has 0 radical (unpaired) electrons. The van der Waals surface area contributed by atoms with Crippen LogP contribution >= 0.6 is 7.75 Å². The minimum Gasteiger partial charge on any atom is -0.462 e. The van der Waals surface area contributed by atoms with Crippen molar-refractivity contribution in [2.75, 3.05) is 17.7 Å². The lowest BCUT2D eigenvalue weighted by Crippen LogP contribution is -2.47. The third-order valence-corrected chi connectivity index (χ3v) is 9.48. The third kappa shape index (κ3) is 4.96. The third-order valence-electron chi connectivity index (χ3n) is 7.82. The number of carbonyl (C=O) groups is 1. The summed E-state index contributed by atoms with van der Waals surface area (Å²) < 4.78 is 54.6. The molecule has 6 rings (SSSR count). The fourth-order valence-electron chi connectivity index (χ4n) is 5.36. The molecule has 0 amide bonds. The molecule has 3 aliphatic rings. The number of aromatic nitrogens is 4. The maximum absolute atomic E-state index is 16.9. The molecule has 1 aromatic carbocycles. The number of benzene rings is 1. The number of aliphatic hydroxyl groups is 1. The Morgan fingerprint density at radius 3 is 2.66 bits per heavy atom. The molecule has 234 valence electrons. The number of alkyl halides is 1. The lowest BCUT2D eigenvalue weighted by molar-refractivity contribution is -0.149. The van der Waals surface area contributed by atoms with Crippen LogP contribution in [0.25, 0.3) is 11.2 Å². The summed E-state index contributed by atoms with van der Waals surface area (Å²) in [5.41, 5.74) is 1.15. The number of carbonyl (C=O) groups excluding carboxylic acids is 1. The maximum atomic E-state index is 16.9. The Morgan fingerprint density at radius 1 is 1.32 bits per heavy atom. The van der Waals surface area contributed by atoms with Crippen molar-refractivity contribution in [1.82, 2.24) is 24.6 Å². The number of halogens is 1. The van der Waals surface area contributed by atoms with Gasteiger partial charge in [-0.25, -0.2) is 13.9 Å². The molecule has 44 heavy (non-hydrogen) atoms. The first-order valence-electron chi connectivity index (χ1n) is 14.1. The van der Waals surface area contributed by atoms with Crippen LogP contribution in [0.2, 0.25) is 0 Å². The summed E-state index contributed by atoms with van der Waals surface area (Å²) in [4.78, 5) is 27.4. The number of anilines is 2. The summed E-state index contributed by atoms with van der Waals surface area (Å²) in [6.45, 7) is 4.72. The van der Waals surface area contributed by atoms with Crippen molar-refractivity contribution in [1.29, 1.82) is 0 Å². The smallest absolute Gasteiger partial charge is 0.459 e. The van der Waals surface area contributed by atoms with E-state index in [9.17, 15) is 14.5 Å². The summed E-state index contributed by atoms with van der Waals surface area (Å²) >= 11 is 0. The van der Waals surface area contributed by atoms with Gasteiger partial charge < -0.3 is 29.7 Å². The SMILES string of the molecule is C#C[C@]1(F)[C@H](n2cnc3c(N(C)C4CC4)nc(N)nc32)O[C@@H]2C(O[P@](=O)(N[C@H](C)C(=O)OC(C)C)Oc3ccccc3)[C@@]21O. The lowest BCUT2D eigenvalue weighted by Gasteiger charge is -2.31. The Bertz CT molecular complexity index is 1680. The number of esters is 1. The van der Waals surface area contributed by atoms with Crippen LogP contribution in [-0.2, 0) is 23.4 Å². The normalized spacial score (nSPS) is 29.5. The predicted octanol–water partition coefficient (Wildman–Crippen LogP) is 2.49. The van der Waals surface area contributed by atoms with Gasteiger partial charge in [0.2, 0.25) is 11.6 Å². The van der Waals surface area contributed by atoms with Gasteiger partial charge in [0, 0.05) is 13.1 Å².